The highest BCUT2D eigenvalue weighted by atomic mass is 16.6. The van der Waals surface area contributed by atoms with E-state index in [1.165, 1.54) is 167 Å². The number of carbonyl (C=O) groups is 3. The van der Waals surface area contributed by atoms with E-state index in [2.05, 4.69) is 106 Å². The summed E-state index contributed by atoms with van der Waals surface area (Å²) in [5, 5.41) is 0. The van der Waals surface area contributed by atoms with E-state index in [1.54, 1.807) is 0 Å². The Balaban J connectivity index is 4.35. The van der Waals surface area contributed by atoms with Crippen molar-refractivity contribution < 1.29 is 28.6 Å². The molecule has 1 unspecified atom stereocenters. The predicted molar refractivity (Wildman–Crippen MR) is 334 cm³/mol. The third kappa shape index (κ3) is 63.3. The van der Waals surface area contributed by atoms with Crippen LogP contribution >= 0.6 is 0 Å². The molecule has 0 aromatic carbocycles. The van der Waals surface area contributed by atoms with Gasteiger partial charge in [-0.25, -0.2) is 0 Å². The van der Waals surface area contributed by atoms with Crippen LogP contribution in [-0.4, -0.2) is 37.2 Å². The van der Waals surface area contributed by atoms with Gasteiger partial charge in [-0.2, -0.15) is 0 Å². The van der Waals surface area contributed by atoms with Crippen LogP contribution in [0.1, 0.15) is 329 Å². The summed E-state index contributed by atoms with van der Waals surface area (Å²) in [6.45, 7) is 6.50. The molecule has 0 aliphatic heterocycles. The van der Waals surface area contributed by atoms with Gasteiger partial charge in [0.2, 0.25) is 0 Å². The molecule has 0 spiro atoms. The lowest BCUT2D eigenvalue weighted by molar-refractivity contribution is -0.167. The highest BCUT2D eigenvalue weighted by Crippen LogP contribution is 2.17. The van der Waals surface area contributed by atoms with E-state index in [0.29, 0.717) is 12.8 Å². The van der Waals surface area contributed by atoms with Gasteiger partial charge in [0.15, 0.2) is 6.10 Å². The number of esters is 3. The third-order valence-electron chi connectivity index (χ3n) is 14.4. The van der Waals surface area contributed by atoms with E-state index in [9.17, 15) is 14.4 Å². The first-order chi connectivity index (χ1) is 38.0. The number of ether oxygens (including phenoxy) is 3. The first-order valence-corrected chi connectivity index (χ1v) is 33.1. The summed E-state index contributed by atoms with van der Waals surface area (Å²) in [6, 6.07) is 0. The minimum Gasteiger partial charge on any atom is -0.462 e. The van der Waals surface area contributed by atoms with Gasteiger partial charge < -0.3 is 14.2 Å². The summed E-state index contributed by atoms with van der Waals surface area (Å²) in [5.41, 5.74) is 0. The second-order valence-corrected chi connectivity index (χ2v) is 22.0. The normalized spacial score (nSPS) is 12.6. The van der Waals surface area contributed by atoms with Crippen molar-refractivity contribution in [1.82, 2.24) is 0 Å². The summed E-state index contributed by atoms with van der Waals surface area (Å²) in [5.74, 6) is -0.925. The average Bonchev–Trinajstić information content (AvgIpc) is 3.43. The molecule has 0 rings (SSSR count). The van der Waals surface area contributed by atoms with Gasteiger partial charge in [0, 0.05) is 19.3 Å². The minimum absolute atomic E-state index is 0.0922. The van der Waals surface area contributed by atoms with E-state index in [1.807, 2.05) is 0 Å². The molecular formula is C71H124O6. The standard InChI is InChI=1S/C71H124O6/c1-4-7-10-13-16-19-22-25-28-30-32-33-34-35-36-37-39-40-43-46-49-52-55-58-61-64-70(73)76-67-68(66-75-69(72)63-60-57-54-51-48-45-42-27-24-21-18-15-12-9-6-3)77-71(74)65-62-59-56-53-50-47-44-41-38-31-29-26-23-20-17-14-11-8-5-2/h8,11,17-18,20-21,26-27,29,38,41-42,47,50,68H,4-7,9-10,12-16,19,22-25,28,30-37,39-40,43-46,48-49,51-67H2,1-3H3/b11-8-,20-17-,21-18-,29-26-,41-38-,42-27-,50-47-. The fourth-order valence-electron chi connectivity index (χ4n) is 9.44. The Morgan fingerprint density at radius 1 is 0.273 bits per heavy atom. The van der Waals surface area contributed by atoms with Gasteiger partial charge >= 0.3 is 17.9 Å². The molecule has 0 N–H and O–H groups in total. The van der Waals surface area contributed by atoms with Gasteiger partial charge in [0.05, 0.1) is 0 Å². The van der Waals surface area contributed by atoms with Crippen molar-refractivity contribution in [2.24, 2.45) is 0 Å². The Bertz CT molecular complexity index is 1470. The van der Waals surface area contributed by atoms with Crippen LogP contribution in [0, 0.1) is 0 Å². The quantitative estimate of drug-likeness (QED) is 0.0261. The molecule has 0 saturated heterocycles. The zero-order valence-electron chi connectivity index (χ0n) is 51.0. The third-order valence-corrected chi connectivity index (χ3v) is 14.4. The fraction of sp³-hybridized carbons (Fsp3) is 0.761. The Morgan fingerprint density at radius 3 is 0.831 bits per heavy atom. The molecule has 0 radical (unpaired) electrons. The fourth-order valence-corrected chi connectivity index (χ4v) is 9.44. The molecule has 6 nitrogen and oxygen atoms in total. The molecule has 0 amide bonds. The molecule has 77 heavy (non-hydrogen) atoms. The number of hydrogen-bond acceptors (Lipinski definition) is 6. The molecule has 1 atom stereocenters. The molecule has 0 bridgehead atoms. The zero-order chi connectivity index (χ0) is 55.7. The van der Waals surface area contributed by atoms with Gasteiger partial charge in [0.1, 0.15) is 13.2 Å². The minimum atomic E-state index is -0.801. The average molecular weight is 1070 g/mol. The van der Waals surface area contributed by atoms with Gasteiger partial charge in [0.25, 0.3) is 0 Å². The molecule has 6 heteroatoms. The molecule has 444 valence electrons. The molecule has 0 aliphatic carbocycles. The van der Waals surface area contributed by atoms with E-state index in [-0.39, 0.29) is 37.5 Å². The van der Waals surface area contributed by atoms with E-state index >= 15 is 0 Å². The first-order valence-electron chi connectivity index (χ1n) is 33.1. The van der Waals surface area contributed by atoms with Crippen LogP contribution in [-0.2, 0) is 28.6 Å². The lowest BCUT2D eigenvalue weighted by Gasteiger charge is -2.18. The molecule has 0 aromatic heterocycles. The summed E-state index contributed by atoms with van der Waals surface area (Å²) in [6.07, 6.45) is 86.0. The first kappa shape index (κ1) is 73.6. The number of unbranched alkanes of at least 4 members (excludes halogenated alkanes) is 35. The van der Waals surface area contributed by atoms with Crippen molar-refractivity contribution in [3.05, 3.63) is 85.1 Å². The highest BCUT2D eigenvalue weighted by molar-refractivity contribution is 5.71. The summed E-state index contributed by atoms with van der Waals surface area (Å²) < 4.78 is 16.9. The van der Waals surface area contributed by atoms with Crippen LogP contribution in [0.5, 0.6) is 0 Å². The zero-order valence-corrected chi connectivity index (χ0v) is 51.0. The maximum absolute atomic E-state index is 12.9. The maximum Gasteiger partial charge on any atom is 0.306 e. The van der Waals surface area contributed by atoms with Gasteiger partial charge in [-0.1, -0.05) is 298 Å². The molecule has 0 aromatic rings. The number of rotatable bonds is 60. The van der Waals surface area contributed by atoms with Gasteiger partial charge in [-0.3, -0.25) is 14.4 Å². The molecule has 0 fully saturated rings. The SMILES string of the molecule is CC/C=C\C/C=C\C/C=C\C/C=C\C/C=C\CCCCCC(=O)OC(COC(=O)CCCCCCC/C=C\C/C=C\CCCCC)COC(=O)CCCCCCCCCCCCCCCCCCCCCCCCCCC. The van der Waals surface area contributed by atoms with Gasteiger partial charge in [-0.05, 0) is 96.3 Å². The molecule has 0 saturated carbocycles. The second-order valence-electron chi connectivity index (χ2n) is 22.0. The largest absolute Gasteiger partial charge is 0.462 e. The van der Waals surface area contributed by atoms with Crippen molar-refractivity contribution in [2.75, 3.05) is 13.2 Å². The smallest absolute Gasteiger partial charge is 0.306 e. The molecular weight excluding hydrogens is 949 g/mol. The van der Waals surface area contributed by atoms with Gasteiger partial charge in [-0.15, -0.1) is 0 Å². The maximum atomic E-state index is 12.9. The molecule has 0 heterocycles. The topological polar surface area (TPSA) is 78.9 Å². The van der Waals surface area contributed by atoms with Crippen LogP contribution < -0.4 is 0 Å². The van der Waals surface area contributed by atoms with Crippen molar-refractivity contribution >= 4 is 17.9 Å². The van der Waals surface area contributed by atoms with Crippen molar-refractivity contribution in [1.29, 1.82) is 0 Å². The monoisotopic (exact) mass is 1070 g/mol. The highest BCUT2D eigenvalue weighted by Gasteiger charge is 2.19. The van der Waals surface area contributed by atoms with Crippen LogP contribution in [0.4, 0.5) is 0 Å². The van der Waals surface area contributed by atoms with E-state index < -0.39 is 6.10 Å². The summed E-state index contributed by atoms with van der Waals surface area (Å²) in [7, 11) is 0. The summed E-state index contributed by atoms with van der Waals surface area (Å²) in [4.78, 5) is 38.3. The Hall–Kier alpha value is -3.41. The van der Waals surface area contributed by atoms with E-state index in [4.69, 9.17) is 14.2 Å². The molecule has 0 aliphatic rings. The van der Waals surface area contributed by atoms with E-state index in [0.717, 1.165) is 122 Å². The van der Waals surface area contributed by atoms with Crippen molar-refractivity contribution in [3.8, 4) is 0 Å². The van der Waals surface area contributed by atoms with Crippen LogP contribution in [0.3, 0.4) is 0 Å². The lowest BCUT2D eigenvalue weighted by Crippen LogP contribution is -2.30. The van der Waals surface area contributed by atoms with Crippen molar-refractivity contribution in [2.45, 2.75) is 335 Å². The number of hydrogen-bond donors (Lipinski definition) is 0. The van der Waals surface area contributed by atoms with Crippen molar-refractivity contribution in [3.63, 3.8) is 0 Å². The van der Waals surface area contributed by atoms with Crippen LogP contribution in [0.25, 0.3) is 0 Å². The lowest BCUT2D eigenvalue weighted by atomic mass is 10.0. The second kappa shape index (κ2) is 65.1. The summed E-state index contributed by atoms with van der Waals surface area (Å²) >= 11 is 0. The van der Waals surface area contributed by atoms with Crippen LogP contribution in [0.2, 0.25) is 0 Å². The number of allylic oxidation sites excluding steroid dienone is 14. The Kier molecular flexibility index (Phi) is 62.2. The Morgan fingerprint density at radius 2 is 0.506 bits per heavy atom. The number of carbonyl (C=O) groups excluding carboxylic acids is 3. The Labute approximate surface area is 477 Å². The predicted octanol–water partition coefficient (Wildman–Crippen LogP) is 22.7. The van der Waals surface area contributed by atoms with Crippen LogP contribution in [0.15, 0.2) is 85.1 Å².